The Hall–Kier alpha value is -1.07. The van der Waals surface area contributed by atoms with Crippen molar-refractivity contribution in [2.24, 2.45) is 0 Å². The first-order valence-electron chi connectivity index (χ1n) is 7.07. The van der Waals surface area contributed by atoms with E-state index >= 15 is 0 Å². The Morgan fingerprint density at radius 3 is 2.89 bits per heavy atom. The van der Waals surface area contributed by atoms with Crippen LogP contribution in [0.15, 0.2) is 6.20 Å². The molecule has 1 aromatic heterocycles. The summed E-state index contributed by atoms with van der Waals surface area (Å²) in [6.45, 7) is 5.93. The van der Waals surface area contributed by atoms with Gasteiger partial charge in [0, 0.05) is 13.2 Å². The molecule has 0 aromatic carbocycles. The minimum atomic E-state index is -0.201. The smallest absolute Gasteiger partial charge is 0.161 e. The molecular formula is C14H25N3O2. The average Bonchev–Trinajstić information content (AvgIpc) is 2.83. The van der Waals surface area contributed by atoms with E-state index in [0.717, 1.165) is 37.4 Å². The fraction of sp³-hybridized carbons (Fsp3) is 0.786. The number of aryl methyl sites for hydroxylation is 1. The predicted octanol–water partition coefficient (Wildman–Crippen LogP) is 2.13. The first-order chi connectivity index (χ1) is 9.16. The summed E-state index contributed by atoms with van der Waals surface area (Å²) in [5, 5.41) is 7.79. The minimum Gasteiger partial charge on any atom is -0.493 e. The Kier molecular flexibility index (Phi) is 4.47. The van der Waals surface area contributed by atoms with Crippen molar-refractivity contribution >= 4 is 0 Å². The number of ether oxygens (including phenoxy) is 2. The van der Waals surface area contributed by atoms with Gasteiger partial charge < -0.3 is 14.8 Å². The van der Waals surface area contributed by atoms with Crippen molar-refractivity contribution in [3.8, 4) is 5.75 Å². The van der Waals surface area contributed by atoms with Crippen LogP contribution in [0.4, 0.5) is 0 Å². The molecule has 0 aliphatic carbocycles. The molecule has 5 nitrogen and oxygen atoms in total. The summed E-state index contributed by atoms with van der Waals surface area (Å²) in [7, 11) is 3.66. The second-order valence-electron chi connectivity index (χ2n) is 5.25. The average molecular weight is 267 g/mol. The molecule has 1 aromatic rings. The van der Waals surface area contributed by atoms with Crippen LogP contribution in [0.2, 0.25) is 0 Å². The summed E-state index contributed by atoms with van der Waals surface area (Å²) in [6, 6.07) is 0.0881. The molecule has 2 atom stereocenters. The molecule has 0 radical (unpaired) electrons. The molecule has 0 bridgehead atoms. The maximum Gasteiger partial charge on any atom is 0.161 e. The van der Waals surface area contributed by atoms with Gasteiger partial charge in [0.05, 0.1) is 24.9 Å². The molecule has 1 fully saturated rings. The Labute approximate surface area is 115 Å². The third-order valence-electron chi connectivity index (χ3n) is 4.04. The Morgan fingerprint density at radius 1 is 1.58 bits per heavy atom. The zero-order chi connectivity index (χ0) is 13.9. The van der Waals surface area contributed by atoms with E-state index in [1.807, 2.05) is 11.7 Å². The van der Waals surface area contributed by atoms with Crippen molar-refractivity contribution in [1.82, 2.24) is 15.1 Å². The molecule has 2 heterocycles. The highest BCUT2D eigenvalue weighted by molar-refractivity contribution is 5.30. The summed E-state index contributed by atoms with van der Waals surface area (Å²) < 4.78 is 13.5. The van der Waals surface area contributed by atoms with Gasteiger partial charge >= 0.3 is 0 Å². The van der Waals surface area contributed by atoms with Gasteiger partial charge in [0.2, 0.25) is 0 Å². The van der Waals surface area contributed by atoms with Crippen molar-refractivity contribution in [3.63, 3.8) is 0 Å². The summed E-state index contributed by atoms with van der Waals surface area (Å²) in [5.41, 5.74) is 0.879. The molecule has 1 saturated heterocycles. The van der Waals surface area contributed by atoms with Gasteiger partial charge in [-0.3, -0.25) is 4.68 Å². The van der Waals surface area contributed by atoms with E-state index in [1.165, 1.54) is 6.42 Å². The lowest BCUT2D eigenvalue weighted by Gasteiger charge is -2.40. The first-order valence-corrected chi connectivity index (χ1v) is 7.07. The molecule has 0 saturated carbocycles. The van der Waals surface area contributed by atoms with Crippen LogP contribution in [0, 0.1) is 0 Å². The summed E-state index contributed by atoms with van der Waals surface area (Å²) in [5.74, 6) is 0.830. The normalized spacial score (nSPS) is 25.3. The second kappa shape index (κ2) is 5.92. The molecule has 1 aliphatic heterocycles. The Morgan fingerprint density at radius 2 is 2.37 bits per heavy atom. The fourth-order valence-corrected chi connectivity index (χ4v) is 2.99. The van der Waals surface area contributed by atoms with Crippen LogP contribution in [0.3, 0.4) is 0 Å². The third kappa shape index (κ3) is 2.62. The number of hydrogen-bond acceptors (Lipinski definition) is 4. The molecule has 2 unspecified atom stereocenters. The van der Waals surface area contributed by atoms with Gasteiger partial charge in [-0.05, 0) is 40.2 Å². The standard InChI is InChI=1S/C14H25N3O2/c1-5-17-12(11(18-4)10-16-17)13(15-3)14(2)8-6-7-9-19-14/h10,13,15H,5-9H2,1-4H3. The second-order valence-corrected chi connectivity index (χ2v) is 5.25. The number of hydrogen-bond donors (Lipinski definition) is 1. The van der Waals surface area contributed by atoms with E-state index in [4.69, 9.17) is 9.47 Å². The molecule has 1 N–H and O–H groups in total. The monoisotopic (exact) mass is 267 g/mol. The highest BCUT2D eigenvalue weighted by Crippen LogP contribution is 2.39. The van der Waals surface area contributed by atoms with Crippen molar-refractivity contribution in [2.45, 2.75) is 51.3 Å². The largest absolute Gasteiger partial charge is 0.493 e. The summed E-state index contributed by atoms with van der Waals surface area (Å²) >= 11 is 0. The van der Waals surface area contributed by atoms with Crippen LogP contribution in [0.1, 0.15) is 44.8 Å². The number of methoxy groups -OCH3 is 1. The van der Waals surface area contributed by atoms with Gasteiger partial charge in [-0.25, -0.2) is 0 Å². The van der Waals surface area contributed by atoms with Gasteiger partial charge in [0.1, 0.15) is 5.69 Å². The highest BCUT2D eigenvalue weighted by Gasteiger charge is 2.40. The van der Waals surface area contributed by atoms with Crippen molar-refractivity contribution in [3.05, 3.63) is 11.9 Å². The lowest BCUT2D eigenvalue weighted by Crippen LogP contribution is -2.45. The number of likely N-dealkylation sites (N-methyl/N-ethyl adjacent to an activating group) is 1. The lowest BCUT2D eigenvalue weighted by molar-refractivity contribution is -0.0903. The Balaban J connectivity index is 2.37. The van der Waals surface area contributed by atoms with Crippen LogP contribution >= 0.6 is 0 Å². The van der Waals surface area contributed by atoms with Gasteiger partial charge in [0.15, 0.2) is 5.75 Å². The molecule has 0 amide bonds. The molecular weight excluding hydrogens is 242 g/mol. The van der Waals surface area contributed by atoms with Crippen LogP contribution in [-0.2, 0) is 11.3 Å². The van der Waals surface area contributed by atoms with E-state index < -0.39 is 0 Å². The molecule has 1 aliphatic rings. The van der Waals surface area contributed by atoms with Crippen LogP contribution in [0.5, 0.6) is 5.75 Å². The third-order valence-corrected chi connectivity index (χ3v) is 4.04. The lowest BCUT2D eigenvalue weighted by atomic mass is 9.86. The van der Waals surface area contributed by atoms with Gasteiger partial charge in [-0.2, -0.15) is 5.10 Å². The first kappa shape index (κ1) is 14.3. The van der Waals surface area contributed by atoms with E-state index in [0.29, 0.717) is 0 Å². The molecule has 108 valence electrons. The highest BCUT2D eigenvalue weighted by atomic mass is 16.5. The molecule has 0 spiro atoms. The van der Waals surface area contributed by atoms with Crippen molar-refractivity contribution in [2.75, 3.05) is 20.8 Å². The molecule has 2 rings (SSSR count). The topological polar surface area (TPSA) is 48.3 Å². The molecule has 19 heavy (non-hydrogen) atoms. The van der Waals surface area contributed by atoms with E-state index in [-0.39, 0.29) is 11.6 Å². The predicted molar refractivity (Wildman–Crippen MR) is 74.5 cm³/mol. The number of nitrogens with one attached hydrogen (secondary N) is 1. The Bertz CT molecular complexity index is 389. The van der Waals surface area contributed by atoms with Crippen molar-refractivity contribution < 1.29 is 9.47 Å². The number of rotatable bonds is 5. The van der Waals surface area contributed by atoms with E-state index in [9.17, 15) is 0 Å². The maximum absolute atomic E-state index is 6.08. The zero-order valence-electron chi connectivity index (χ0n) is 12.4. The number of nitrogens with zero attached hydrogens (tertiary/aromatic N) is 2. The van der Waals surface area contributed by atoms with Crippen LogP contribution in [0.25, 0.3) is 0 Å². The SMILES string of the molecule is CCn1ncc(OC)c1C(NC)C1(C)CCCCO1. The summed E-state index contributed by atoms with van der Waals surface area (Å²) in [4.78, 5) is 0. The molecule has 5 heteroatoms. The van der Waals surface area contributed by atoms with E-state index in [1.54, 1.807) is 13.3 Å². The van der Waals surface area contributed by atoms with Gasteiger partial charge in [0.25, 0.3) is 0 Å². The van der Waals surface area contributed by atoms with E-state index in [2.05, 4.69) is 24.3 Å². The van der Waals surface area contributed by atoms with Crippen LogP contribution in [-0.4, -0.2) is 36.1 Å². The van der Waals surface area contributed by atoms with Gasteiger partial charge in [-0.15, -0.1) is 0 Å². The fourth-order valence-electron chi connectivity index (χ4n) is 2.99. The van der Waals surface area contributed by atoms with Gasteiger partial charge in [-0.1, -0.05) is 0 Å². The minimum absolute atomic E-state index is 0.0881. The zero-order valence-corrected chi connectivity index (χ0v) is 12.4. The maximum atomic E-state index is 6.08. The number of aromatic nitrogens is 2. The van der Waals surface area contributed by atoms with Crippen molar-refractivity contribution in [1.29, 1.82) is 0 Å². The summed E-state index contributed by atoms with van der Waals surface area (Å²) in [6.07, 6.45) is 5.19. The quantitative estimate of drug-likeness (QED) is 0.888. The van der Waals surface area contributed by atoms with Crippen LogP contribution < -0.4 is 10.1 Å².